The van der Waals surface area contributed by atoms with E-state index in [-0.39, 0.29) is 5.91 Å². The first-order chi connectivity index (χ1) is 15.1. The van der Waals surface area contributed by atoms with Crippen molar-refractivity contribution in [2.45, 2.75) is 26.3 Å². The number of imidazole rings is 1. The van der Waals surface area contributed by atoms with Crippen molar-refractivity contribution in [2.75, 3.05) is 44.7 Å². The molecule has 3 aromatic rings. The maximum absolute atomic E-state index is 13.2. The molecule has 0 aliphatic carbocycles. The molecule has 3 heterocycles. The van der Waals surface area contributed by atoms with Gasteiger partial charge in [0, 0.05) is 63.2 Å². The fraction of sp³-hybridized carbons (Fsp3) is 0.417. The van der Waals surface area contributed by atoms with Gasteiger partial charge in [-0.2, -0.15) is 0 Å². The van der Waals surface area contributed by atoms with E-state index in [9.17, 15) is 4.79 Å². The Balaban J connectivity index is 1.51. The van der Waals surface area contributed by atoms with Gasteiger partial charge in [-0.25, -0.2) is 4.98 Å². The van der Waals surface area contributed by atoms with Crippen molar-refractivity contribution in [3.8, 4) is 0 Å². The first-order valence-corrected chi connectivity index (χ1v) is 11.4. The molecule has 0 saturated carbocycles. The molecule has 1 saturated heterocycles. The molecular formula is C24H30ClN5O. The van der Waals surface area contributed by atoms with E-state index in [1.165, 1.54) is 0 Å². The number of unbranched alkanes of at least 4 members (excludes halogenated alkanes) is 1. The van der Waals surface area contributed by atoms with Crippen LogP contribution in [0.5, 0.6) is 0 Å². The van der Waals surface area contributed by atoms with Crippen molar-refractivity contribution < 1.29 is 4.79 Å². The lowest BCUT2D eigenvalue weighted by atomic mass is 10.2. The third kappa shape index (κ3) is 4.86. The Bertz CT molecular complexity index is 1040. The van der Waals surface area contributed by atoms with E-state index in [4.69, 9.17) is 16.6 Å². The van der Waals surface area contributed by atoms with Crippen molar-refractivity contribution in [2.24, 2.45) is 0 Å². The molecule has 7 heteroatoms. The minimum atomic E-state index is 0.00436. The van der Waals surface area contributed by atoms with Crippen molar-refractivity contribution in [1.82, 2.24) is 19.2 Å². The van der Waals surface area contributed by atoms with E-state index in [1.54, 1.807) is 4.90 Å². The summed E-state index contributed by atoms with van der Waals surface area (Å²) in [5.74, 6) is 0.00436. The number of hydrogen-bond acceptors (Lipinski definition) is 4. The monoisotopic (exact) mass is 439 g/mol. The standard InChI is InChI=1S/C24H30ClN5O/c1-3-4-11-27(2)24(31)23-21(30-12-6-5-10-22(30)26-23)18-28-13-15-29(16-14-28)20-9-7-8-19(25)17-20/h5-10,12,17H,3-4,11,13-16,18H2,1-2H3. The summed E-state index contributed by atoms with van der Waals surface area (Å²) in [6, 6.07) is 13.9. The summed E-state index contributed by atoms with van der Waals surface area (Å²) < 4.78 is 2.06. The first-order valence-electron chi connectivity index (χ1n) is 11.0. The quantitative estimate of drug-likeness (QED) is 0.554. The van der Waals surface area contributed by atoms with E-state index < -0.39 is 0 Å². The molecule has 4 rings (SSSR count). The van der Waals surface area contributed by atoms with Gasteiger partial charge in [0.2, 0.25) is 0 Å². The third-order valence-electron chi connectivity index (χ3n) is 5.94. The Kier molecular flexibility index (Phi) is 6.78. The molecule has 164 valence electrons. The SMILES string of the molecule is CCCCN(C)C(=O)c1nc2ccccn2c1CN1CCN(c2cccc(Cl)c2)CC1. The number of carbonyl (C=O) groups is 1. The van der Waals surface area contributed by atoms with Crippen LogP contribution in [0.1, 0.15) is 35.9 Å². The van der Waals surface area contributed by atoms with Gasteiger partial charge in [0.05, 0.1) is 5.69 Å². The highest BCUT2D eigenvalue weighted by molar-refractivity contribution is 6.30. The third-order valence-corrected chi connectivity index (χ3v) is 6.18. The largest absolute Gasteiger partial charge is 0.369 e. The molecule has 0 spiro atoms. The van der Waals surface area contributed by atoms with Crippen molar-refractivity contribution in [3.63, 3.8) is 0 Å². The Hall–Kier alpha value is -2.57. The fourth-order valence-corrected chi connectivity index (χ4v) is 4.28. The van der Waals surface area contributed by atoms with Crippen LogP contribution in [0.25, 0.3) is 5.65 Å². The number of amides is 1. The number of fused-ring (bicyclic) bond motifs is 1. The Morgan fingerprint density at radius 3 is 2.68 bits per heavy atom. The van der Waals surface area contributed by atoms with Crippen LogP contribution in [0.4, 0.5) is 5.69 Å². The van der Waals surface area contributed by atoms with Gasteiger partial charge in [-0.1, -0.05) is 37.1 Å². The highest BCUT2D eigenvalue weighted by atomic mass is 35.5. The normalized spacial score (nSPS) is 14.9. The van der Waals surface area contributed by atoms with Gasteiger partial charge in [-0.3, -0.25) is 9.69 Å². The van der Waals surface area contributed by atoms with E-state index >= 15 is 0 Å². The predicted molar refractivity (Wildman–Crippen MR) is 126 cm³/mol. The van der Waals surface area contributed by atoms with E-state index in [1.807, 2.05) is 49.6 Å². The highest BCUT2D eigenvalue weighted by Crippen LogP contribution is 2.22. The van der Waals surface area contributed by atoms with Gasteiger partial charge in [0.1, 0.15) is 5.65 Å². The number of anilines is 1. The molecule has 1 aromatic carbocycles. The Morgan fingerprint density at radius 1 is 1.13 bits per heavy atom. The van der Waals surface area contributed by atoms with E-state index in [0.29, 0.717) is 12.2 Å². The smallest absolute Gasteiger partial charge is 0.274 e. The summed E-state index contributed by atoms with van der Waals surface area (Å²) in [5.41, 5.74) is 3.53. The van der Waals surface area contributed by atoms with Crippen LogP contribution >= 0.6 is 11.6 Å². The molecule has 2 aromatic heterocycles. The summed E-state index contributed by atoms with van der Waals surface area (Å²) >= 11 is 6.16. The van der Waals surface area contributed by atoms with Crippen LogP contribution in [0.2, 0.25) is 5.02 Å². The zero-order valence-electron chi connectivity index (χ0n) is 18.3. The van der Waals surface area contributed by atoms with Gasteiger partial charge in [-0.15, -0.1) is 0 Å². The number of aromatic nitrogens is 2. The molecule has 1 aliphatic heterocycles. The number of piperazine rings is 1. The zero-order chi connectivity index (χ0) is 21.8. The van der Waals surface area contributed by atoms with E-state index in [0.717, 1.165) is 67.6 Å². The molecule has 1 aliphatic rings. The number of nitrogens with zero attached hydrogens (tertiary/aromatic N) is 5. The van der Waals surface area contributed by atoms with Crippen LogP contribution in [0.3, 0.4) is 0 Å². The molecule has 1 fully saturated rings. The predicted octanol–water partition coefficient (Wildman–Crippen LogP) is 4.18. The second-order valence-corrected chi connectivity index (χ2v) is 8.60. The summed E-state index contributed by atoms with van der Waals surface area (Å²) in [4.78, 5) is 24.4. The summed E-state index contributed by atoms with van der Waals surface area (Å²) in [6.45, 7) is 7.29. The molecule has 0 radical (unpaired) electrons. The van der Waals surface area contributed by atoms with Crippen LogP contribution < -0.4 is 4.90 Å². The molecular weight excluding hydrogens is 410 g/mol. The highest BCUT2D eigenvalue weighted by Gasteiger charge is 2.25. The lowest BCUT2D eigenvalue weighted by molar-refractivity contribution is 0.0785. The first kappa shape index (κ1) is 21.7. The lowest BCUT2D eigenvalue weighted by Crippen LogP contribution is -2.46. The topological polar surface area (TPSA) is 44.1 Å². The van der Waals surface area contributed by atoms with E-state index in [2.05, 4.69) is 27.2 Å². The maximum atomic E-state index is 13.2. The number of benzene rings is 1. The number of rotatable bonds is 7. The van der Waals surface area contributed by atoms with Crippen LogP contribution in [-0.4, -0.2) is 64.9 Å². The average molecular weight is 440 g/mol. The number of carbonyl (C=O) groups excluding carboxylic acids is 1. The number of hydrogen-bond donors (Lipinski definition) is 0. The van der Waals surface area contributed by atoms with Crippen molar-refractivity contribution >= 4 is 28.8 Å². The van der Waals surface area contributed by atoms with Gasteiger partial charge in [0.25, 0.3) is 5.91 Å². The molecule has 0 N–H and O–H groups in total. The number of halogens is 1. The van der Waals surface area contributed by atoms with Crippen molar-refractivity contribution in [1.29, 1.82) is 0 Å². The maximum Gasteiger partial charge on any atom is 0.274 e. The summed E-state index contributed by atoms with van der Waals surface area (Å²) in [7, 11) is 1.87. The molecule has 0 bridgehead atoms. The van der Waals surface area contributed by atoms with Gasteiger partial charge in [0.15, 0.2) is 5.69 Å². The minimum absolute atomic E-state index is 0.00436. The van der Waals surface area contributed by atoms with Crippen LogP contribution in [0.15, 0.2) is 48.7 Å². The van der Waals surface area contributed by atoms with Crippen LogP contribution in [-0.2, 0) is 6.54 Å². The summed E-state index contributed by atoms with van der Waals surface area (Å²) in [6.07, 6.45) is 4.06. The number of pyridine rings is 1. The van der Waals surface area contributed by atoms with Gasteiger partial charge < -0.3 is 14.2 Å². The van der Waals surface area contributed by atoms with Gasteiger partial charge >= 0.3 is 0 Å². The Labute approximate surface area is 189 Å². The zero-order valence-corrected chi connectivity index (χ0v) is 19.1. The summed E-state index contributed by atoms with van der Waals surface area (Å²) in [5, 5.41) is 0.765. The van der Waals surface area contributed by atoms with Crippen LogP contribution in [0, 0.1) is 0 Å². The Morgan fingerprint density at radius 2 is 1.94 bits per heavy atom. The molecule has 0 unspecified atom stereocenters. The molecule has 0 atom stereocenters. The molecule has 6 nitrogen and oxygen atoms in total. The van der Waals surface area contributed by atoms with Gasteiger partial charge in [-0.05, 0) is 36.8 Å². The lowest BCUT2D eigenvalue weighted by Gasteiger charge is -2.36. The average Bonchev–Trinajstić information content (AvgIpc) is 3.16. The minimum Gasteiger partial charge on any atom is -0.369 e. The molecule has 1 amide bonds. The second-order valence-electron chi connectivity index (χ2n) is 8.16. The fourth-order valence-electron chi connectivity index (χ4n) is 4.10. The molecule has 31 heavy (non-hydrogen) atoms. The van der Waals surface area contributed by atoms with Crippen molar-refractivity contribution in [3.05, 3.63) is 65.1 Å². The second kappa shape index (κ2) is 9.71.